The second-order valence-electron chi connectivity index (χ2n) is 4.68. The van der Waals surface area contributed by atoms with Crippen LogP contribution in [0.3, 0.4) is 0 Å². The molecule has 2 heterocycles. The van der Waals surface area contributed by atoms with Gasteiger partial charge in [-0.15, -0.1) is 0 Å². The first-order chi connectivity index (χ1) is 9.90. The van der Waals surface area contributed by atoms with Crippen LogP contribution in [0.25, 0.3) is 28.5 Å². The van der Waals surface area contributed by atoms with Crippen molar-refractivity contribution in [3.05, 3.63) is 72.8 Å². The molecule has 0 unspecified atom stereocenters. The summed E-state index contributed by atoms with van der Waals surface area (Å²) in [5.74, 6) is 0. The van der Waals surface area contributed by atoms with Crippen LogP contribution in [0.1, 0.15) is 0 Å². The van der Waals surface area contributed by atoms with Crippen LogP contribution in [0.5, 0.6) is 0 Å². The van der Waals surface area contributed by atoms with Gasteiger partial charge >= 0.3 is 130 Å². The van der Waals surface area contributed by atoms with Crippen molar-refractivity contribution in [2.75, 3.05) is 0 Å². The zero-order valence-electron chi connectivity index (χ0n) is 10.7. The summed E-state index contributed by atoms with van der Waals surface area (Å²) in [4.78, 5) is 0. The fourth-order valence-electron chi connectivity index (χ4n) is 2.33. The topological polar surface area (TPSA) is 0 Å². The van der Waals surface area contributed by atoms with E-state index in [1.54, 1.807) is 8.52 Å². The van der Waals surface area contributed by atoms with Gasteiger partial charge in [-0.3, -0.25) is 0 Å². The Labute approximate surface area is 130 Å². The molecule has 96 valence electrons. The van der Waals surface area contributed by atoms with E-state index in [1.165, 1.54) is 20.0 Å². The van der Waals surface area contributed by atoms with Crippen molar-refractivity contribution in [2.24, 2.45) is 0 Å². The van der Waals surface area contributed by atoms with Crippen LogP contribution >= 0.6 is 0 Å². The van der Waals surface area contributed by atoms with Gasteiger partial charge in [0.05, 0.1) is 0 Å². The molecule has 2 aromatic heterocycles. The van der Waals surface area contributed by atoms with E-state index in [0.717, 1.165) is 0 Å². The van der Waals surface area contributed by atoms with Crippen molar-refractivity contribution in [3.8, 4) is 20.0 Å². The molecule has 2 aromatic carbocycles. The molecule has 0 aliphatic heterocycles. The first-order valence-corrected chi connectivity index (χ1v) is 9.97. The van der Waals surface area contributed by atoms with Gasteiger partial charge in [-0.25, -0.2) is 0 Å². The molecule has 20 heavy (non-hydrogen) atoms. The van der Waals surface area contributed by atoms with E-state index in [9.17, 15) is 0 Å². The minimum absolute atomic E-state index is 0.481. The third-order valence-electron chi connectivity index (χ3n) is 3.32. The van der Waals surface area contributed by atoms with Crippen molar-refractivity contribution >= 4 is 37.5 Å². The summed E-state index contributed by atoms with van der Waals surface area (Å²) in [6.45, 7) is 0. The number of hydrogen-bond donors (Lipinski definition) is 0. The Morgan fingerprint density at radius 2 is 0.900 bits per heavy atom. The second kappa shape index (κ2) is 5.24. The summed E-state index contributed by atoms with van der Waals surface area (Å²) >= 11 is 0.962. The van der Waals surface area contributed by atoms with E-state index in [-0.39, 0.29) is 0 Å². The Bertz CT molecular complexity index is 738. The van der Waals surface area contributed by atoms with Gasteiger partial charge in [0.1, 0.15) is 0 Å². The predicted octanol–water partition coefficient (Wildman–Crippen LogP) is 4.29. The molecule has 0 amide bonds. The molecule has 0 fully saturated rings. The van der Waals surface area contributed by atoms with Gasteiger partial charge < -0.3 is 0 Å². The Balaban J connectivity index is 1.78. The molecule has 0 aliphatic rings. The van der Waals surface area contributed by atoms with Crippen molar-refractivity contribution in [1.29, 1.82) is 0 Å². The fraction of sp³-hybridized carbons (Fsp3) is 0. The van der Waals surface area contributed by atoms with Gasteiger partial charge in [0.2, 0.25) is 0 Å². The van der Waals surface area contributed by atoms with Crippen molar-refractivity contribution in [2.45, 2.75) is 0 Å². The standard InChI is InChI=1S/C18H12Se2/c1-3-7-13(8-4-1)15-11-17-18(19-15)12-16(20-17)14-9-5-2-6-10-14/h1-12H. The number of fused-ring (bicyclic) bond motifs is 1. The van der Waals surface area contributed by atoms with E-state index < -0.39 is 0 Å². The van der Waals surface area contributed by atoms with Gasteiger partial charge in [-0.2, -0.15) is 0 Å². The predicted molar refractivity (Wildman–Crippen MR) is 88.7 cm³/mol. The van der Waals surface area contributed by atoms with Crippen molar-refractivity contribution < 1.29 is 0 Å². The summed E-state index contributed by atoms with van der Waals surface area (Å²) in [5.41, 5.74) is 2.79. The SMILES string of the molecule is c1ccc(-c2cc3[se]c(-c4ccccc4)cc3[se]2)cc1. The average Bonchev–Trinajstić information content (AvgIpc) is 3.08. The second-order valence-corrected chi connectivity index (χ2v) is 9.23. The fourth-order valence-corrected chi connectivity index (χ4v) is 8.20. The maximum atomic E-state index is 2.44. The van der Waals surface area contributed by atoms with Gasteiger partial charge in [-0.1, -0.05) is 0 Å². The Morgan fingerprint density at radius 1 is 0.500 bits per heavy atom. The summed E-state index contributed by atoms with van der Waals surface area (Å²) in [6, 6.07) is 26.5. The number of hydrogen-bond acceptors (Lipinski definition) is 0. The minimum atomic E-state index is 0.481. The summed E-state index contributed by atoms with van der Waals surface area (Å²) in [6.07, 6.45) is 0. The van der Waals surface area contributed by atoms with Gasteiger partial charge in [0.15, 0.2) is 0 Å². The molecule has 0 saturated heterocycles. The van der Waals surface area contributed by atoms with Gasteiger partial charge in [0.25, 0.3) is 0 Å². The molecular formula is C18H12Se2. The van der Waals surface area contributed by atoms with Crippen LogP contribution in [0.4, 0.5) is 0 Å². The van der Waals surface area contributed by atoms with Crippen LogP contribution in [-0.2, 0) is 0 Å². The molecule has 0 N–H and O–H groups in total. The summed E-state index contributed by atoms with van der Waals surface area (Å²) < 4.78 is 6.26. The Hall–Kier alpha value is -1.30. The van der Waals surface area contributed by atoms with E-state index in [4.69, 9.17) is 0 Å². The van der Waals surface area contributed by atoms with Crippen LogP contribution in [-0.4, -0.2) is 29.0 Å². The summed E-state index contributed by atoms with van der Waals surface area (Å²) in [7, 11) is 0. The molecule has 0 radical (unpaired) electrons. The molecule has 4 aromatic rings. The van der Waals surface area contributed by atoms with E-state index in [2.05, 4.69) is 72.8 Å². The quantitative estimate of drug-likeness (QED) is 0.451. The molecule has 0 atom stereocenters. The molecular weight excluding hydrogens is 374 g/mol. The number of rotatable bonds is 2. The Kier molecular flexibility index (Phi) is 3.26. The monoisotopic (exact) mass is 388 g/mol. The van der Waals surface area contributed by atoms with Crippen molar-refractivity contribution in [3.63, 3.8) is 0 Å². The number of benzene rings is 2. The van der Waals surface area contributed by atoms with Gasteiger partial charge in [0, 0.05) is 0 Å². The van der Waals surface area contributed by atoms with Crippen LogP contribution in [0.15, 0.2) is 72.8 Å². The van der Waals surface area contributed by atoms with E-state index in [1.807, 2.05) is 0 Å². The Morgan fingerprint density at radius 3 is 1.30 bits per heavy atom. The summed E-state index contributed by atoms with van der Waals surface area (Å²) in [5, 5.41) is 0. The first-order valence-electron chi connectivity index (χ1n) is 6.54. The van der Waals surface area contributed by atoms with E-state index in [0.29, 0.717) is 29.0 Å². The molecule has 0 nitrogen and oxygen atoms in total. The van der Waals surface area contributed by atoms with Crippen molar-refractivity contribution in [1.82, 2.24) is 0 Å². The normalized spacial score (nSPS) is 11.0. The van der Waals surface area contributed by atoms with E-state index >= 15 is 0 Å². The first kappa shape index (κ1) is 12.4. The molecule has 0 aliphatic carbocycles. The molecule has 0 spiro atoms. The zero-order chi connectivity index (χ0) is 13.4. The van der Waals surface area contributed by atoms with Crippen LogP contribution in [0, 0.1) is 0 Å². The zero-order valence-corrected chi connectivity index (χ0v) is 14.2. The average molecular weight is 386 g/mol. The molecule has 0 saturated carbocycles. The molecule has 2 heteroatoms. The third kappa shape index (κ3) is 2.26. The van der Waals surface area contributed by atoms with Crippen LogP contribution in [0.2, 0.25) is 0 Å². The maximum absolute atomic E-state index is 2.44. The van der Waals surface area contributed by atoms with Crippen LogP contribution < -0.4 is 0 Å². The van der Waals surface area contributed by atoms with Gasteiger partial charge in [-0.05, 0) is 0 Å². The molecule has 4 rings (SSSR count). The molecule has 0 bridgehead atoms. The third-order valence-corrected chi connectivity index (χ3v) is 8.73.